The van der Waals surface area contributed by atoms with Crippen LogP contribution >= 0.6 is 0 Å². The largest absolute Gasteiger partial charge is 0.393 e. The van der Waals surface area contributed by atoms with Crippen molar-refractivity contribution in [2.45, 2.75) is 98.0 Å². The predicted molar refractivity (Wildman–Crippen MR) is 124 cm³/mol. The summed E-state index contributed by atoms with van der Waals surface area (Å²) < 4.78 is 0. The van der Waals surface area contributed by atoms with E-state index in [4.69, 9.17) is 0 Å². The van der Waals surface area contributed by atoms with Crippen molar-refractivity contribution in [3.8, 4) is 0 Å². The quantitative estimate of drug-likeness (QED) is 0.478. The Bertz CT molecular complexity index is 686. The summed E-state index contributed by atoms with van der Waals surface area (Å²) in [4.78, 5) is 0. The van der Waals surface area contributed by atoms with Gasteiger partial charge >= 0.3 is 0 Å². The molecule has 4 aliphatic rings. The molecule has 162 valence electrons. The van der Waals surface area contributed by atoms with Crippen molar-refractivity contribution in [3.05, 3.63) is 36.0 Å². The maximum Gasteiger partial charge on any atom is 0.0577 e. The summed E-state index contributed by atoms with van der Waals surface area (Å²) in [5.74, 6) is 4.06. The van der Waals surface area contributed by atoms with Crippen LogP contribution < -0.4 is 0 Å². The van der Waals surface area contributed by atoms with Gasteiger partial charge in [-0.2, -0.15) is 0 Å². The highest BCUT2D eigenvalue weighted by molar-refractivity contribution is 5.25. The number of rotatable bonds is 5. The lowest BCUT2D eigenvalue weighted by atomic mass is 9.47. The van der Waals surface area contributed by atoms with E-state index in [2.05, 4.69) is 52.5 Å². The minimum Gasteiger partial charge on any atom is -0.393 e. The van der Waals surface area contributed by atoms with Gasteiger partial charge in [0.25, 0.3) is 0 Å². The van der Waals surface area contributed by atoms with Crippen LogP contribution in [0.1, 0.15) is 91.9 Å². The summed E-state index contributed by atoms with van der Waals surface area (Å²) in [7, 11) is 0. The first-order chi connectivity index (χ1) is 13.8. The lowest BCUT2D eigenvalue weighted by Crippen LogP contribution is -2.50. The van der Waals surface area contributed by atoms with Crippen molar-refractivity contribution in [1.82, 2.24) is 0 Å². The van der Waals surface area contributed by atoms with Crippen molar-refractivity contribution >= 4 is 0 Å². The van der Waals surface area contributed by atoms with Gasteiger partial charge in [0.1, 0.15) is 0 Å². The molecular weight excluding hydrogens is 352 g/mol. The van der Waals surface area contributed by atoms with Gasteiger partial charge < -0.3 is 5.11 Å². The van der Waals surface area contributed by atoms with Crippen LogP contribution in [0.2, 0.25) is 0 Å². The van der Waals surface area contributed by atoms with E-state index in [1.807, 2.05) is 0 Å². The van der Waals surface area contributed by atoms with Crippen LogP contribution in [0.15, 0.2) is 36.0 Å². The standard InChI is InChI=1S/C28H44O/c1-6-20(19(2)3)8-7-9-21-11-13-25-24-12-10-22-18-23(29)14-16-28(22,5)26(24)15-17-27(21,25)4/h7-8,10,20-21,23-26,29H,2,6,9,11-18H2,1,3-5H3/b8-7+. The number of aliphatic hydroxyl groups is 1. The number of hydrogen-bond acceptors (Lipinski definition) is 1. The number of allylic oxidation sites excluding steroid dienone is 4. The van der Waals surface area contributed by atoms with Crippen LogP contribution in [-0.2, 0) is 0 Å². The predicted octanol–water partition coefficient (Wildman–Crippen LogP) is 7.47. The average molecular weight is 397 g/mol. The molecule has 0 aromatic heterocycles. The SMILES string of the molecule is C=C(C)C(/C=C/CC1CCC2C3CC=C4CC(O)CCC4(C)C3CCC12C)CC. The average Bonchev–Trinajstić information content (AvgIpc) is 3.02. The summed E-state index contributed by atoms with van der Waals surface area (Å²) in [5.41, 5.74) is 3.81. The first-order valence-electron chi connectivity index (χ1n) is 12.5. The van der Waals surface area contributed by atoms with E-state index in [0.717, 1.165) is 36.5 Å². The second-order valence-electron chi connectivity index (χ2n) is 11.5. The number of aliphatic hydroxyl groups excluding tert-OH is 1. The van der Waals surface area contributed by atoms with Gasteiger partial charge in [0.05, 0.1) is 6.10 Å². The van der Waals surface area contributed by atoms with Gasteiger partial charge in [-0.05, 0) is 112 Å². The van der Waals surface area contributed by atoms with Crippen molar-refractivity contribution in [2.24, 2.45) is 40.4 Å². The zero-order valence-corrected chi connectivity index (χ0v) is 19.4. The van der Waals surface area contributed by atoms with Crippen molar-refractivity contribution < 1.29 is 5.11 Å². The number of fused-ring (bicyclic) bond motifs is 5. The van der Waals surface area contributed by atoms with Crippen LogP contribution in [0.5, 0.6) is 0 Å². The first-order valence-corrected chi connectivity index (χ1v) is 12.5. The Labute approximate surface area is 179 Å². The number of hydrogen-bond donors (Lipinski definition) is 1. The summed E-state index contributed by atoms with van der Waals surface area (Å²) in [6.07, 6.45) is 20.0. The van der Waals surface area contributed by atoms with Gasteiger partial charge in [-0.3, -0.25) is 0 Å². The van der Waals surface area contributed by atoms with Crippen molar-refractivity contribution in [1.29, 1.82) is 0 Å². The highest BCUT2D eigenvalue weighted by Crippen LogP contribution is 2.66. The molecule has 8 atom stereocenters. The fraction of sp³-hybridized carbons (Fsp3) is 0.786. The third-order valence-electron chi connectivity index (χ3n) is 10.1. The molecule has 1 N–H and O–H groups in total. The van der Waals surface area contributed by atoms with Crippen LogP contribution in [-0.4, -0.2) is 11.2 Å². The summed E-state index contributed by atoms with van der Waals surface area (Å²) in [6, 6.07) is 0. The molecule has 0 aliphatic heterocycles. The maximum atomic E-state index is 10.2. The summed E-state index contributed by atoms with van der Waals surface area (Å²) in [6.45, 7) is 13.8. The van der Waals surface area contributed by atoms with Crippen LogP contribution in [0.25, 0.3) is 0 Å². The lowest BCUT2D eigenvalue weighted by Gasteiger charge is -2.58. The molecule has 0 spiro atoms. The zero-order valence-electron chi connectivity index (χ0n) is 19.4. The molecule has 0 aromatic carbocycles. The molecule has 0 amide bonds. The highest BCUT2D eigenvalue weighted by atomic mass is 16.3. The van der Waals surface area contributed by atoms with Gasteiger partial charge in [-0.15, -0.1) is 0 Å². The van der Waals surface area contributed by atoms with E-state index >= 15 is 0 Å². The van der Waals surface area contributed by atoms with E-state index in [9.17, 15) is 5.11 Å². The van der Waals surface area contributed by atoms with E-state index < -0.39 is 0 Å². The van der Waals surface area contributed by atoms with Gasteiger partial charge in [0.2, 0.25) is 0 Å². The normalized spacial score (nSPS) is 45.3. The Balaban J connectivity index is 1.49. The summed E-state index contributed by atoms with van der Waals surface area (Å²) in [5, 5.41) is 10.2. The third kappa shape index (κ3) is 3.60. The Morgan fingerprint density at radius 2 is 2.00 bits per heavy atom. The van der Waals surface area contributed by atoms with Gasteiger partial charge in [-0.1, -0.05) is 56.7 Å². The maximum absolute atomic E-state index is 10.2. The molecule has 4 rings (SSSR count). The molecule has 0 radical (unpaired) electrons. The topological polar surface area (TPSA) is 20.2 Å². The molecule has 1 heteroatoms. The Hall–Kier alpha value is -0.820. The van der Waals surface area contributed by atoms with E-state index in [-0.39, 0.29) is 6.10 Å². The molecule has 8 unspecified atom stereocenters. The molecule has 1 nitrogen and oxygen atoms in total. The molecular formula is C28H44O. The van der Waals surface area contributed by atoms with Crippen molar-refractivity contribution in [2.75, 3.05) is 0 Å². The first kappa shape index (κ1) is 21.4. The fourth-order valence-electron chi connectivity index (χ4n) is 8.19. The smallest absolute Gasteiger partial charge is 0.0577 e. The second kappa shape index (κ2) is 8.03. The Morgan fingerprint density at radius 3 is 2.72 bits per heavy atom. The Morgan fingerprint density at radius 1 is 1.21 bits per heavy atom. The third-order valence-corrected chi connectivity index (χ3v) is 10.1. The van der Waals surface area contributed by atoms with E-state index in [0.29, 0.717) is 16.7 Å². The molecule has 0 aromatic rings. The molecule has 3 saturated carbocycles. The summed E-state index contributed by atoms with van der Waals surface area (Å²) >= 11 is 0. The van der Waals surface area contributed by atoms with Gasteiger partial charge in [0, 0.05) is 0 Å². The molecule has 29 heavy (non-hydrogen) atoms. The molecule has 0 heterocycles. The highest BCUT2D eigenvalue weighted by Gasteiger charge is 2.58. The molecule has 4 aliphatic carbocycles. The molecule has 0 saturated heterocycles. The molecule has 3 fully saturated rings. The van der Waals surface area contributed by atoms with E-state index in [1.165, 1.54) is 56.9 Å². The van der Waals surface area contributed by atoms with Crippen molar-refractivity contribution in [3.63, 3.8) is 0 Å². The van der Waals surface area contributed by atoms with Gasteiger partial charge in [-0.25, -0.2) is 0 Å². The van der Waals surface area contributed by atoms with Gasteiger partial charge in [0.15, 0.2) is 0 Å². The lowest BCUT2D eigenvalue weighted by molar-refractivity contribution is -0.0492. The van der Waals surface area contributed by atoms with Crippen LogP contribution in [0.4, 0.5) is 0 Å². The monoisotopic (exact) mass is 396 g/mol. The van der Waals surface area contributed by atoms with Crippen LogP contribution in [0, 0.1) is 40.4 Å². The molecule has 0 bridgehead atoms. The fourth-order valence-corrected chi connectivity index (χ4v) is 8.19. The second-order valence-corrected chi connectivity index (χ2v) is 11.5. The van der Waals surface area contributed by atoms with Crippen LogP contribution in [0.3, 0.4) is 0 Å². The zero-order chi connectivity index (χ0) is 20.8. The minimum atomic E-state index is -0.0893. The Kier molecular flexibility index (Phi) is 5.93. The van der Waals surface area contributed by atoms with E-state index in [1.54, 1.807) is 5.57 Å². The minimum absolute atomic E-state index is 0.0893.